The number of hydrogen-bond acceptors (Lipinski definition) is 6. The van der Waals surface area contributed by atoms with Crippen molar-refractivity contribution >= 4 is 21.6 Å². The van der Waals surface area contributed by atoms with Gasteiger partial charge in [-0.1, -0.05) is 6.92 Å². The standard InChI is InChI=1S/C15H12N2O3S/c1-2-10-6-11-14(16-7-17-15(11)21-10)20-9-3-4-12-13(5-9)19-8-18-12/h3-7H,2,8H2,1H3. The van der Waals surface area contributed by atoms with Crippen LogP contribution in [0.15, 0.2) is 30.6 Å². The van der Waals surface area contributed by atoms with Gasteiger partial charge in [0, 0.05) is 10.9 Å². The van der Waals surface area contributed by atoms with Gasteiger partial charge in [0.2, 0.25) is 12.7 Å². The second-order valence-corrected chi connectivity index (χ2v) is 5.70. The molecule has 5 nitrogen and oxygen atoms in total. The van der Waals surface area contributed by atoms with Gasteiger partial charge in [0.25, 0.3) is 0 Å². The van der Waals surface area contributed by atoms with Crippen molar-refractivity contribution in [2.75, 3.05) is 6.79 Å². The molecule has 2 aromatic heterocycles. The molecule has 4 rings (SSSR count). The van der Waals surface area contributed by atoms with E-state index in [-0.39, 0.29) is 6.79 Å². The Morgan fingerprint density at radius 1 is 1.19 bits per heavy atom. The predicted molar refractivity (Wildman–Crippen MR) is 79.4 cm³/mol. The van der Waals surface area contributed by atoms with Gasteiger partial charge in [-0.3, -0.25) is 0 Å². The monoisotopic (exact) mass is 300 g/mol. The summed E-state index contributed by atoms with van der Waals surface area (Å²) in [6.45, 7) is 2.37. The van der Waals surface area contributed by atoms with Gasteiger partial charge < -0.3 is 14.2 Å². The number of aryl methyl sites for hydroxylation is 1. The summed E-state index contributed by atoms with van der Waals surface area (Å²) in [6.07, 6.45) is 2.51. The molecule has 0 saturated heterocycles. The highest BCUT2D eigenvalue weighted by Gasteiger charge is 2.15. The first-order chi connectivity index (χ1) is 10.3. The normalized spacial score (nSPS) is 12.8. The van der Waals surface area contributed by atoms with E-state index in [4.69, 9.17) is 14.2 Å². The maximum absolute atomic E-state index is 5.89. The van der Waals surface area contributed by atoms with E-state index in [9.17, 15) is 0 Å². The van der Waals surface area contributed by atoms with Gasteiger partial charge in [-0.25, -0.2) is 9.97 Å². The van der Waals surface area contributed by atoms with Crippen LogP contribution in [0.5, 0.6) is 23.1 Å². The Hall–Kier alpha value is -2.34. The molecule has 0 spiro atoms. The predicted octanol–water partition coefficient (Wildman–Crippen LogP) is 3.77. The lowest BCUT2D eigenvalue weighted by Crippen LogP contribution is -1.93. The topological polar surface area (TPSA) is 53.5 Å². The third-order valence-electron chi connectivity index (χ3n) is 3.25. The van der Waals surface area contributed by atoms with Crippen LogP contribution >= 0.6 is 11.3 Å². The van der Waals surface area contributed by atoms with E-state index in [1.165, 1.54) is 11.2 Å². The molecule has 1 aromatic carbocycles. The molecule has 0 bridgehead atoms. The van der Waals surface area contributed by atoms with Gasteiger partial charge in [0.1, 0.15) is 16.9 Å². The first-order valence-electron chi connectivity index (χ1n) is 6.64. The van der Waals surface area contributed by atoms with E-state index in [1.807, 2.05) is 18.2 Å². The summed E-state index contributed by atoms with van der Waals surface area (Å²) in [6, 6.07) is 7.57. The zero-order chi connectivity index (χ0) is 14.2. The fraction of sp³-hybridized carbons (Fsp3) is 0.200. The van der Waals surface area contributed by atoms with Crippen molar-refractivity contribution in [2.45, 2.75) is 13.3 Å². The Bertz CT molecular complexity index is 816. The van der Waals surface area contributed by atoms with Crippen LogP contribution in [0.1, 0.15) is 11.8 Å². The van der Waals surface area contributed by atoms with Crippen molar-refractivity contribution in [1.82, 2.24) is 9.97 Å². The third kappa shape index (κ3) is 2.17. The summed E-state index contributed by atoms with van der Waals surface area (Å²) in [5.74, 6) is 2.66. The minimum Gasteiger partial charge on any atom is -0.454 e. The first kappa shape index (κ1) is 12.4. The van der Waals surface area contributed by atoms with Crippen molar-refractivity contribution in [3.63, 3.8) is 0 Å². The second-order valence-electron chi connectivity index (χ2n) is 4.58. The van der Waals surface area contributed by atoms with Crippen molar-refractivity contribution in [3.05, 3.63) is 35.5 Å². The smallest absolute Gasteiger partial charge is 0.231 e. The Balaban J connectivity index is 1.72. The molecule has 3 heterocycles. The molecule has 106 valence electrons. The van der Waals surface area contributed by atoms with Crippen LogP contribution in [-0.4, -0.2) is 16.8 Å². The molecular formula is C15H12N2O3S. The van der Waals surface area contributed by atoms with Gasteiger partial charge in [0.15, 0.2) is 11.5 Å². The fourth-order valence-electron chi connectivity index (χ4n) is 2.19. The van der Waals surface area contributed by atoms with Gasteiger partial charge in [-0.2, -0.15) is 0 Å². The van der Waals surface area contributed by atoms with Crippen LogP contribution in [0.25, 0.3) is 10.2 Å². The lowest BCUT2D eigenvalue weighted by Gasteiger charge is -2.06. The summed E-state index contributed by atoms with van der Waals surface area (Å²) >= 11 is 1.67. The highest BCUT2D eigenvalue weighted by atomic mass is 32.1. The molecule has 0 saturated carbocycles. The minimum absolute atomic E-state index is 0.251. The SMILES string of the molecule is CCc1cc2c(Oc3ccc4c(c3)OCO4)ncnc2s1. The van der Waals surface area contributed by atoms with Crippen LogP contribution in [-0.2, 0) is 6.42 Å². The summed E-state index contributed by atoms with van der Waals surface area (Å²) in [7, 11) is 0. The molecule has 3 aromatic rings. The third-order valence-corrected chi connectivity index (χ3v) is 4.44. The van der Waals surface area contributed by atoms with E-state index in [2.05, 4.69) is 23.0 Å². The number of rotatable bonds is 3. The molecule has 0 amide bonds. The average molecular weight is 300 g/mol. The second kappa shape index (κ2) is 4.89. The number of fused-ring (bicyclic) bond motifs is 2. The summed E-state index contributed by atoms with van der Waals surface area (Å²) in [4.78, 5) is 10.7. The van der Waals surface area contributed by atoms with Crippen LogP contribution < -0.4 is 14.2 Å². The minimum atomic E-state index is 0.251. The molecule has 0 unspecified atom stereocenters. The van der Waals surface area contributed by atoms with Crippen molar-refractivity contribution in [2.24, 2.45) is 0 Å². The Morgan fingerprint density at radius 2 is 2.10 bits per heavy atom. The van der Waals surface area contributed by atoms with E-state index in [0.29, 0.717) is 17.4 Å². The van der Waals surface area contributed by atoms with E-state index in [0.717, 1.165) is 22.4 Å². The van der Waals surface area contributed by atoms with E-state index >= 15 is 0 Å². The Kier molecular flexibility index (Phi) is 2.89. The Morgan fingerprint density at radius 3 is 3.00 bits per heavy atom. The fourth-order valence-corrected chi connectivity index (χ4v) is 3.12. The number of ether oxygens (including phenoxy) is 3. The largest absolute Gasteiger partial charge is 0.454 e. The van der Waals surface area contributed by atoms with Crippen LogP contribution in [0.3, 0.4) is 0 Å². The average Bonchev–Trinajstić information content (AvgIpc) is 3.13. The van der Waals surface area contributed by atoms with Gasteiger partial charge in [-0.15, -0.1) is 11.3 Å². The van der Waals surface area contributed by atoms with Crippen LogP contribution in [0.4, 0.5) is 0 Å². The Labute approximate surface area is 125 Å². The summed E-state index contributed by atoms with van der Waals surface area (Å²) in [5, 5.41) is 0.942. The molecule has 0 fully saturated rings. The van der Waals surface area contributed by atoms with Crippen LogP contribution in [0, 0.1) is 0 Å². The van der Waals surface area contributed by atoms with Crippen molar-refractivity contribution < 1.29 is 14.2 Å². The molecule has 1 aliphatic rings. The maximum Gasteiger partial charge on any atom is 0.231 e. The number of benzene rings is 1. The molecule has 0 radical (unpaired) electrons. The highest BCUT2D eigenvalue weighted by molar-refractivity contribution is 7.18. The molecule has 1 aliphatic heterocycles. The first-order valence-corrected chi connectivity index (χ1v) is 7.46. The van der Waals surface area contributed by atoms with Gasteiger partial charge in [0.05, 0.1) is 5.39 Å². The molecule has 0 aliphatic carbocycles. The highest BCUT2D eigenvalue weighted by Crippen LogP contribution is 2.38. The van der Waals surface area contributed by atoms with Crippen molar-refractivity contribution in [3.8, 4) is 23.1 Å². The summed E-state index contributed by atoms with van der Waals surface area (Å²) < 4.78 is 16.5. The lowest BCUT2D eigenvalue weighted by atomic mass is 10.3. The maximum atomic E-state index is 5.89. The number of nitrogens with zero attached hydrogens (tertiary/aromatic N) is 2. The molecule has 6 heteroatoms. The molecule has 0 N–H and O–H groups in total. The summed E-state index contributed by atoms with van der Waals surface area (Å²) in [5.41, 5.74) is 0. The number of thiophene rings is 1. The van der Waals surface area contributed by atoms with E-state index in [1.54, 1.807) is 11.3 Å². The zero-order valence-corrected chi connectivity index (χ0v) is 12.1. The molecule has 0 atom stereocenters. The zero-order valence-electron chi connectivity index (χ0n) is 11.3. The van der Waals surface area contributed by atoms with E-state index < -0.39 is 0 Å². The molecular weight excluding hydrogens is 288 g/mol. The quantitative estimate of drug-likeness (QED) is 0.737. The van der Waals surface area contributed by atoms with Crippen molar-refractivity contribution in [1.29, 1.82) is 0 Å². The van der Waals surface area contributed by atoms with Crippen LogP contribution in [0.2, 0.25) is 0 Å². The lowest BCUT2D eigenvalue weighted by molar-refractivity contribution is 0.174. The van der Waals surface area contributed by atoms with Gasteiger partial charge >= 0.3 is 0 Å². The number of aromatic nitrogens is 2. The molecule has 21 heavy (non-hydrogen) atoms. The number of hydrogen-bond donors (Lipinski definition) is 0. The van der Waals surface area contributed by atoms with Gasteiger partial charge in [-0.05, 0) is 24.6 Å².